The third kappa shape index (κ3) is 5.07. The summed E-state index contributed by atoms with van der Waals surface area (Å²) >= 11 is 19.5. The van der Waals surface area contributed by atoms with Crippen LogP contribution in [-0.2, 0) is 4.74 Å². The van der Waals surface area contributed by atoms with E-state index < -0.39 is 5.97 Å². The molecule has 0 radical (unpaired) electrons. The van der Waals surface area contributed by atoms with Gasteiger partial charge in [-0.25, -0.2) is 9.78 Å². The molecule has 0 aliphatic carbocycles. The second kappa shape index (κ2) is 10.2. The van der Waals surface area contributed by atoms with Crippen LogP contribution in [0, 0.1) is 0 Å². The lowest BCUT2D eigenvalue weighted by Gasteiger charge is -2.33. The lowest BCUT2D eigenvalue weighted by Crippen LogP contribution is -2.40. The van der Waals surface area contributed by atoms with Crippen molar-refractivity contribution in [1.29, 1.82) is 0 Å². The summed E-state index contributed by atoms with van der Waals surface area (Å²) in [5.41, 5.74) is 3.00. The summed E-state index contributed by atoms with van der Waals surface area (Å²) in [5, 5.41) is 8.07. The van der Waals surface area contributed by atoms with Crippen molar-refractivity contribution in [2.45, 2.75) is 18.8 Å². The van der Waals surface area contributed by atoms with E-state index >= 15 is 0 Å². The number of esters is 1. The third-order valence-corrected chi connectivity index (χ3v) is 7.55. The molecule has 166 valence electrons. The average Bonchev–Trinajstić information content (AvgIpc) is 3.31. The van der Waals surface area contributed by atoms with Gasteiger partial charge in [-0.3, -0.25) is 0 Å². The highest BCUT2D eigenvalue weighted by Crippen LogP contribution is 2.34. The number of piperidine rings is 1. The first kappa shape index (κ1) is 23.0. The number of thiazole rings is 1. The number of carbonyl (C=O) groups is 1. The normalized spacial score (nSPS) is 14.3. The van der Waals surface area contributed by atoms with E-state index in [2.05, 4.69) is 15.6 Å². The Bertz CT molecular complexity index is 1140. The minimum atomic E-state index is -0.392. The minimum Gasteiger partial charge on any atom is -0.465 e. The van der Waals surface area contributed by atoms with Crippen LogP contribution < -0.4 is 5.32 Å². The quantitative estimate of drug-likeness (QED) is 0.323. The first-order chi connectivity index (χ1) is 15.5. The monoisotopic (exact) mass is 505 g/mol. The molecule has 9 heteroatoms. The minimum absolute atomic E-state index is 0.387. The molecule has 0 bridgehead atoms. The van der Waals surface area contributed by atoms with Crippen LogP contribution in [0.1, 0.15) is 34.1 Å². The van der Waals surface area contributed by atoms with Crippen LogP contribution in [0.3, 0.4) is 0 Å². The van der Waals surface area contributed by atoms with Crippen LogP contribution in [0.15, 0.2) is 47.8 Å². The smallest absolute Gasteiger partial charge is 0.339 e. The molecule has 1 fully saturated rings. The maximum absolute atomic E-state index is 12.0. The Balaban J connectivity index is 1.38. The number of anilines is 1. The zero-order valence-corrected chi connectivity index (χ0v) is 20.5. The van der Waals surface area contributed by atoms with Gasteiger partial charge in [-0.1, -0.05) is 41.4 Å². The Hall–Kier alpha value is -2.19. The number of hydrogen-bond donors (Lipinski definition) is 1. The molecule has 1 aromatic heterocycles. The number of thiocarbonyl (C=S) groups is 1. The molecule has 0 atom stereocenters. The zero-order valence-electron chi connectivity index (χ0n) is 17.3. The lowest BCUT2D eigenvalue weighted by atomic mass is 9.98. The second-order valence-electron chi connectivity index (χ2n) is 7.43. The molecule has 2 aromatic carbocycles. The van der Waals surface area contributed by atoms with Gasteiger partial charge >= 0.3 is 5.97 Å². The largest absolute Gasteiger partial charge is 0.465 e. The van der Waals surface area contributed by atoms with Gasteiger partial charge < -0.3 is 15.0 Å². The third-order valence-electron chi connectivity index (χ3n) is 5.44. The number of benzene rings is 2. The number of ether oxygens (including phenoxy) is 1. The van der Waals surface area contributed by atoms with Crippen molar-refractivity contribution in [2.24, 2.45) is 0 Å². The fraction of sp³-hybridized carbons (Fsp3) is 0.261. The number of rotatable bonds is 4. The number of hydrogen-bond acceptors (Lipinski definition) is 5. The molecule has 5 nitrogen and oxygen atoms in total. The van der Waals surface area contributed by atoms with Crippen LogP contribution in [-0.4, -0.2) is 41.2 Å². The zero-order chi connectivity index (χ0) is 22.7. The molecule has 0 spiro atoms. The van der Waals surface area contributed by atoms with Gasteiger partial charge in [0.05, 0.1) is 39.1 Å². The van der Waals surface area contributed by atoms with E-state index in [0.29, 0.717) is 32.3 Å². The van der Waals surface area contributed by atoms with E-state index in [9.17, 15) is 4.79 Å². The summed E-state index contributed by atoms with van der Waals surface area (Å²) in [6.45, 7) is 1.64. The van der Waals surface area contributed by atoms with E-state index in [1.54, 1.807) is 29.5 Å². The first-order valence-corrected chi connectivity index (χ1v) is 12.1. The highest BCUT2D eigenvalue weighted by molar-refractivity contribution is 7.80. The number of carbonyl (C=O) groups excluding carboxylic acids is 1. The number of nitrogens with one attached hydrogen (secondary N) is 1. The molecule has 1 saturated heterocycles. The molecule has 1 aliphatic rings. The first-order valence-electron chi connectivity index (χ1n) is 10.1. The number of aromatic nitrogens is 1. The maximum Gasteiger partial charge on any atom is 0.339 e. The number of halogens is 2. The van der Waals surface area contributed by atoms with Crippen LogP contribution >= 0.6 is 46.8 Å². The predicted molar refractivity (Wildman–Crippen MR) is 135 cm³/mol. The Morgan fingerprint density at radius 2 is 1.94 bits per heavy atom. The molecular formula is C23H21Cl2N3O2S2. The molecular weight excluding hydrogens is 485 g/mol. The van der Waals surface area contributed by atoms with E-state index in [1.165, 1.54) is 7.11 Å². The van der Waals surface area contributed by atoms with Crippen LogP contribution in [0.2, 0.25) is 10.0 Å². The summed E-state index contributed by atoms with van der Waals surface area (Å²) in [5.74, 6) is -0.00548. The molecule has 1 N–H and O–H groups in total. The van der Waals surface area contributed by atoms with Gasteiger partial charge in [0.1, 0.15) is 0 Å². The van der Waals surface area contributed by atoms with Gasteiger partial charge in [-0.15, -0.1) is 11.3 Å². The lowest BCUT2D eigenvalue weighted by molar-refractivity contribution is 0.0602. The number of likely N-dealkylation sites (tertiary alicyclic amines) is 1. The molecule has 3 aromatic rings. The fourth-order valence-electron chi connectivity index (χ4n) is 3.67. The molecule has 32 heavy (non-hydrogen) atoms. The summed E-state index contributed by atoms with van der Waals surface area (Å²) in [6, 6.07) is 12.8. The molecule has 0 unspecified atom stereocenters. The topological polar surface area (TPSA) is 54.5 Å². The van der Waals surface area contributed by atoms with Crippen molar-refractivity contribution in [3.05, 3.63) is 68.5 Å². The van der Waals surface area contributed by atoms with Crippen LogP contribution in [0.4, 0.5) is 5.69 Å². The van der Waals surface area contributed by atoms with Gasteiger partial charge in [0.25, 0.3) is 0 Å². The van der Waals surface area contributed by atoms with Gasteiger partial charge in [-0.05, 0) is 49.3 Å². The van der Waals surface area contributed by atoms with Crippen molar-refractivity contribution in [3.8, 4) is 11.3 Å². The standard InChI is InChI=1S/C23H21Cl2N3O2S2/c1-30-22(29)16-4-2-3-5-19(16)27-23(31)28-10-8-14(9-11-28)21-26-20(13-32-21)15-6-7-17(24)18(25)12-15/h2-7,12-14H,8-11H2,1H3,(H,27,31). The van der Waals surface area contributed by atoms with E-state index in [1.807, 2.05) is 24.3 Å². The van der Waals surface area contributed by atoms with Crippen LogP contribution in [0.5, 0.6) is 0 Å². The van der Waals surface area contributed by atoms with Crippen LogP contribution in [0.25, 0.3) is 11.3 Å². The number of methoxy groups -OCH3 is 1. The van der Waals surface area contributed by atoms with E-state index in [4.69, 9.17) is 45.1 Å². The van der Waals surface area contributed by atoms with E-state index in [-0.39, 0.29) is 0 Å². The summed E-state index contributed by atoms with van der Waals surface area (Å²) in [6.07, 6.45) is 1.91. The number of para-hydroxylation sites is 1. The van der Waals surface area contributed by atoms with Gasteiger partial charge in [0.15, 0.2) is 5.11 Å². The molecule has 2 heterocycles. The SMILES string of the molecule is COC(=O)c1ccccc1NC(=S)N1CCC(c2nc(-c3ccc(Cl)c(Cl)c3)cs2)CC1. The second-order valence-corrected chi connectivity index (χ2v) is 9.52. The summed E-state index contributed by atoms with van der Waals surface area (Å²) in [4.78, 5) is 19.0. The van der Waals surface area contributed by atoms with Crippen molar-refractivity contribution in [1.82, 2.24) is 9.88 Å². The Labute approximate surface area is 206 Å². The average molecular weight is 506 g/mol. The summed E-state index contributed by atoms with van der Waals surface area (Å²) < 4.78 is 4.86. The Kier molecular flexibility index (Phi) is 7.30. The molecule has 1 aliphatic heterocycles. The highest BCUT2D eigenvalue weighted by atomic mass is 35.5. The van der Waals surface area contributed by atoms with Crippen molar-refractivity contribution in [3.63, 3.8) is 0 Å². The van der Waals surface area contributed by atoms with Crippen molar-refractivity contribution in [2.75, 3.05) is 25.5 Å². The fourth-order valence-corrected chi connectivity index (χ4v) is 5.26. The summed E-state index contributed by atoms with van der Waals surface area (Å²) in [7, 11) is 1.37. The van der Waals surface area contributed by atoms with Gasteiger partial charge in [0, 0.05) is 30.0 Å². The van der Waals surface area contributed by atoms with Gasteiger partial charge in [0.2, 0.25) is 0 Å². The highest BCUT2D eigenvalue weighted by Gasteiger charge is 2.25. The molecule has 0 amide bonds. The maximum atomic E-state index is 12.0. The Morgan fingerprint density at radius 3 is 2.66 bits per heavy atom. The van der Waals surface area contributed by atoms with E-state index in [0.717, 1.165) is 42.2 Å². The number of nitrogens with zero attached hydrogens (tertiary/aromatic N) is 2. The van der Waals surface area contributed by atoms with Gasteiger partial charge in [-0.2, -0.15) is 0 Å². The van der Waals surface area contributed by atoms with Crippen molar-refractivity contribution < 1.29 is 9.53 Å². The Morgan fingerprint density at radius 1 is 1.19 bits per heavy atom. The van der Waals surface area contributed by atoms with Crippen molar-refractivity contribution >= 4 is 63.5 Å². The molecule has 0 saturated carbocycles. The molecule has 4 rings (SSSR count). The predicted octanol–water partition coefficient (Wildman–Crippen LogP) is 6.48.